The van der Waals surface area contributed by atoms with Gasteiger partial charge in [0.25, 0.3) is 0 Å². The van der Waals surface area contributed by atoms with Gasteiger partial charge in [0.2, 0.25) is 5.89 Å². The molecule has 1 fully saturated rings. The molecular formula is C13H24N4O2. The maximum Gasteiger partial charge on any atom is 0.315 e. The van der Waals surface area contributed by atoms with Crippen molar-refractivity contribution in [1.29, 1.82) is 0 Å². The first kappa shape index (κ1) is 14.3. The van der Waals surface area contributed by atoms with Crippen molar-refractivity contribution >= 4 is 6.01 Å². The number of hydrogen-bond acceptors (Lipinski definition) is 6. The van der Waals surface area contributed by atoms with E-state index in [1.807, 2.05) is 6.92 Å². The van der Waals surface area contributed by atoms with Crippen LogP contribution in [0.1, 0.15) is 45.0 Å². The lowest BCUT2D eigenvalue weighted by Gasteiger charge is -2.21. The maximum atomic E-state index is 5.61. The zero-order valence-corrected chi connectivity index (χ0v) is 11.8. The number of aromatic nitrogens is 2. The van der Waals surface area contributed by atoms with Crippen LogP contribution < -0.4 is 10.6 Å². The van der Waals surface area contributed by atoms with Gasteiger partial charge in [-0.15, -0.1) is 5.10 Å². The fraction of sp³-hybridized carbons (Fsp3) is 0.846. The van der Waals surface area contributed by atoms with E-state index in [0.29, 0.717) is 17.8 Å². The minimum Gasteiger partial charge on any atom is -0.406 e. The molecule has 1 aliphatic heterocycles. The van der Waals surface area contributed by atoms with Crippen LogP contribution in [0.4, 0.5) is 6.01 Å². The molecule has 108 valence electrons. The molecule has 1 aromatic heterocycles. The molecule has 0 aromatic carbocycles. The van der Waals surface area contributed by atoms with Gasteiger partial charge in [0, 0.05) is 19.8 Å². The van der Waals surface area contributed by atoms with Crippen LogP contribution in [0.3, 0.4) is 0 Å². The second-order valence-corrected chi connectivity index (χ2v) is 5.06. The third-order valence-electron chi connectivity index (χ3n) is 3.39. The van der Waals surface area contributed by atoms with Crippen molar-refractivity contribution in [2.24, 2.45) is 5.92 Å². The monoisotopic (exact) mass is 268 g/mol. The highest BCUT2D eigenvalue weighted by atomic mass is 16.5. The topological polar surface area (TPSA) is 72.2 Å². The predicted molar refractivity (Wildman–Crippen MR) is 73.0 cm³/mol. The molecule has 1 aromatic rings. The van der Waals surface area contributed by atoms with Crippen molar-refractivity contribution in [3.63, 3.8) is 0 Å². The Morgan fingerprint density at radius 1 is 1.32 bits per heavy atom. The van der Waals surface area contributed by atoms with Gasteiger partial charge in [-0.1, -0.05) is 12.0 Å². The average molecular weight is 268 g/mol. The van der Waals surface area contributed by atoms with Gasteiger partial charge in [0.05, 0.1) is 6.04 Å². The van der Waals surface area contributed by atoms with Crippen molar-refractivity contribution in [2.75, 3.05) is 31.6 Å². The van der Waals surface area contributed by atoms with Gasteiger partial charge in [0.15, 0.2) is 0 Å². The zero-order valence-electron chi connectivity index (χ0n) is 11.8. The zero-order chi connectivity index (χ0) is 13.5. The molecule has 2 heterocycles. The first-order chi connectivity index (χ1) is 9.29. The average Bonchev–Trinajstić information content (AvgIpc) is 2.92. The predicted octanol–water partition coefficient (Wildman–Crippen LogP) is 1.97. The lowest BCUT2D eigenvalue weighted by atomic mass is 10.0. The third kappa shape index (κ3) is 4.47. The molecule has 0 bridgehead atoms. The van der Waals surface area contributed by atoms with Crippen LogP contribution in [0.25, 0.3) is 0 Å². The molecule has 0 spiro atoms. The van der Waals surface area contributed by atoms with Crippen molar-refractivity contribution in [2.45, 2.75) is 39.2 Å². The highest BCUT2D eigenvalue weighted by Gasteiger charge is 2.16. The summed E-state index contributed by atoms with van der Waals surface area (Å²) in [7, 11) is 0. The normalized spacial score (nSPS) is 18.4. The van der Waals surface area contributed by atoms with Crippen molar-refractivity contribution in [3.05, 3.63) is 5.89 Å². The summed E-state index contributed by atoms with van der Waals surface area (Å²) in [5.74, 6) is 1.28. The Bertz CT molecular complexity index is 363. The van der Waals surface area contributed by atoms with Crippen molar-refractivity contribution in [1.82, 2.24) is 15.5 Å². The third-order valence-corrected chi connectivity index (χ3v) is 3.39. The number of nitrogens with zero attached hydrogens (tertiary/aromatic N) is 2. The number of nitrogens with one attached hydrogen (secondary N) is 2. The molecular weight excluding hydrogens is 244 g/mol. The summed E-state index contributed by atoms with van der Waals surface area (Å²) in [4.78, 5) is 0. The first-order valence-corrected chi connectivity index (χ1v) is 7.18. The number of anilines is 1. The smallest absolute Gasteiger partial charge is 0.315 e. The lowest BCUT2D eigenvalue weighted by Crippen LogP contribution is -2.22. The number of rotatable bonds is 7. The van der Waals surface area contributed by atoms with E-state index in [1.165, 1.54) is 0 Å². The molecule has 0 radical (unpaired) electrons. The summed E-state index contributed by atoms with van der Waals surface area (Å²) in [5.41, 5.74) is 0. The molecule has 0 amide bonds. The fourth-order valence-corrected chi connectivity index (χ4v) is 2.11. The fourth-order valence-electron chi connectivity index (χ4n) is 2.11. The van der Waals surface area contributed by atoms with Crippen molar-refractivity contribution in [3.8, 4) is 0 Å². The minimum absolute atomic E-state index is 0.103. The van der Waals surface area contributed by atoms with Gasteiger partial charge in [0.1, 0.15) is 0 Å². The Labute approximate surface area is 114 Å². The van der Waals surface area contributed by atoms with E-state index < -0.39 is 0 Å². The van der Waals surface area contributed by atoms with Gasteiger partial charge in [-0.2, -0.15) is 0 Å². The largest absolute Gasteiger partial charge is 0.406 e. The van der Waals surface area contributed by atoms with E-state index in [1.54, 1.807) is 0 Å². The Hall–Kier alpha value is -1.14. The summed E-state index contributed by atoms with van der Waals surface area (Å²) in [5, 5.41) is 14.6. The van der Waals surface area contributed by atoms with E-state index in [0.717, 1.165) is 45.6 Å². The van der Waals surface area contributed by atoms with Gasteiger partial charge in [-0.25, -0.2) is 0 Å². The Kier molecular flexibility index (Phi) is 5.60. The van der Waals surface area contributed by atoms with Crippen LogP contribution in [0, 0.1) is 5.92 Å². The molecule has 19 heavy (non-hydrogen) atoms. The molecule has 0 aliphatic carbocycles. The second-order valence-electron chi connectivity index (χ2n) is 5.06. The van der Waals surface area contributed by atoms with E-state index in [9.17, 15) is 0 Å². The highest BCUT2D eigenvalue weighted by molar-refractivity contribution is 5.17. The van der Waals surface area contributed by atoms with Crippen LogP contribution in [0.15, 0.2) is 4.42 Å². The first-order valence-electron chi connectivity index (χ1n) is 7.18. The van der Waals surface area contributed by atoms with E-state index >= 15 is 0 Å². The molecule has 1 aliphatic rings. The van der Waals surface area contributed by atoms with E-state index in [-0.39, 0.29) is 6.04 Å². The molecule has 6 heteroatoms. The molecule has 1 atom stereocenters. The van der Waals surface area contributed by atoms with Gasteiger partial charge in [-0.3, -0.25) is 0 Å². The van der Waals surface area contributed by atoms with Crippen LogP contribution in [-0.2, 0) is 4.74 Å². The Balaban J connectivity index is 1.76. The van der Waals surface area contributed by atoms with Crippen LogP contribution >= 0.6 is 0 Å². The molecule has 6 nitrogen and oxygen atoms in total. The maximum absolute atomic E-state index is 5.61. The standard InChI is InChI=1S/C13H24N4O2/c1-3-6-14-10(2)12-16-17-13(19-12)15-9-11-4-7-18-8-5-11/h10-11,14H,3-9H2,1-2H3,(H,15,17). The Morgan fingerprint density at radius 2 is 2.11 bits per heavy atom. The summed E-state index contributed by atoms with van der Waals surface area (Å²) in [6.45, 7) is 7.72. The Morgan fingerprint density at radius 3 is 2.84 bits per heavy atom. The number of ether oxygens (including phenoxy) is 1. The van der Waals surface area contributed by atoms with Crippen LogP contribution in [-0.4, -0.2) is 36.5 Å². The van der Waals surface area contributed by atoms with Crippen LogP contribution in [0.2, 0.25) is 0 Å². The lowest BCUT2D eigenvalue weighted by molar-refractivity contribution is 0.0698. The molecule has 1 unspecified atom stereocenters. The highest BCUT2D eigenvalue weighted by Crippen LogP contribution is 2.17. The van der Waals surface area contributed by atoms with E-state index in [2.05, 4.69) is 27.8 Å². The van der Waals surface area contributed by atoms with Gasteiger partial charge >= 0.3 is 6.01 Å². The minimum atomic E-state index is 0.103. The number of hydrogen-bond donors (Lipinski definition) is 2. The molecule has 2 N–H and O–H groups in total. The molecule has 1 saturated heterocycles. The van der Waals surface area contributed by atoms with Crippen LogP contribution in [0.5, 0.6) is 0 Å². The second kappa shape index (κ2) is 7.45. The molecule has 2 rings (SSSR count). The summed E-state index contributed by atoms with van der Waals surface area (Å²) >= 11 is 0. The summed E-state index contributed by atoms with van der Waals surface area (Å²) in [6.07, 6.45) is 3.29. The van der Waals surface area contributed by atoms with Gasteiger partial charge < -0.3 is 19.8 Å². The van der Waals surface area contributed by atoms with Gasteiger partial charge in [-0.05, 0) is 38.6 Å². The molecule has 0 saturated carbocycles. The summed E-state index contributed by atoms with van der Waals surface area (Å²) < 4.78 is 10.9. The quantitative estimate of drug-likeness (QED) is 0.787. The SMILES string of the molecule is CCCNC(C)c1nnc(NCC2CCOCC2)o1. The van der Waals surface area contributed by atoms with E-state index in [4.69, 9.17) is 9.15 Å². The van der Waals surface area contributed by atoms with Crippen molar-refractivity contribution < 1.29 is 9.15 Å². The summed E-state index contributed by atoms with van der Waals surface area (Å²) in [6, 6.07) is 0.623.